The number of aromatic nitrogens is 2. The van der Waals surface area contributed by atoms with Crippen molar-refractivity contribution in [2.75, 3.05) is 5.73 Å². The number of nitrogen functional groups attached to an aromatic ring is 1. The van der Waals surface area contributed by atoms with Crippen LogP contribution < -0.4 is 5.73 Å². The number of hydrogen-bond acceptors (Lipinski definition) is 3. The molecule has 0 atom stereocenters. The smallest absolute Gasteiger partial charge is 0.141 e. The van der Waals surface area contributed by atoms with Gasteiger partial charge in [-0.2, -0.15) is 5.26 Å². The molecule has 0 aromatic carbocycles. The Morgan fingerprint density at radius 1 is 1.69 bits per heavy atom. The van der Waals surface area contributed by atoms with Crippen molar-refractivity contribution in [3.8, 4) is 6.07 Å². The van der Waals surface area contributed by atoms with E-state index < -0.39 is 0 Å². The van der Waals surface area contributed by atoms with E-state index in [1.54, 1.807) is 6.33 Å². The molecule has 0 spiro atoms. The summed E-state index contributed by atoms with van der Waals surface area (Å²) in [4.78, 5) is 3.95. The largest absolute Gasteiger partial charge is 0.382 e. The highest BCUT2D eigenvalue weighted by Gasteiger charge is 2.42. The number of nitriles is 1. The van der Waals surface area contributed by atoms with Gasteiger partial charge in [0.2, 0.25) is 0 Å². The molecule has 0 aliphatic heterocycles. The van der Waals surface area contributed by atoms with Gasteiger partial charge < -0.3 is 10.3 Å². The zero-order chi connectivity index (χ0) is 9.31. The van der Waals surface area contributed by atoms with Gasteiger partial charge in [-0.15, -0.1) is 0 Å². The van der Waals surface area contributed by atoms with E-state index in [2.05, 4.69) is 11.1 Å². The summed E-state index contributed by atoms with van der Waals surface area (Å²) in [5.41, 5.74) is 5.72. The molecule has 1 aliphatic rings. The van der Waals surface area contributed by atoms with Crippen LogP contribution in [-0.2, 0) is 6.54 Å². The van der Waals surface area contributed by atoms with Gasteiger partial charge in [-0.25, -0.2) is 4.98 Å². The Morgan fingerprint density at radius 2 is 2.46 bits per heavy atom. The summed E-state index contributed by atoms with van der Waals surface area (Å²) in [6.07, 6.45) is 6.49. The third-order valence-corrected chi connectivity index (χ3v) is 2.58. The predicted molar refractivity (Wildman–Crippen MR) is 48.5 cm³/mol. The number of nitrogens with zero attached hydrogens (tertiary/aromatic N) is 3. The lowest BCUT2D eigenvalue weighted by molar-refractivity contribution is 0.431. The first-order valence-electron chi connectivity index (χ1n) is 4.38. The zero-order valence-electron chi connectivity index (χ0n) is 7.40. The molecule has 0 amide bonds. The molecule has 0 saturated heterocycles. The average Bonchev–Trinajstić information content (AvgIpc) is 2.70. The van der Waals surface area contributed by atoms with Gasteiger partial charge >= 0.3 is 0 Å². The van der Waals surface area contributed by atoms with Gasteiger partial charge in [-0.05, 0) is 12.8 Å². The molecule has 1 saturated carbocycles. The fourth-order valence-electron chi connectivity index (χ4n) is 1.59. The van der Waals surface area contributed by atoms with E-state index in [-0.39, 0.29) is 5.41 Å². The predicted octanol–water partition coefficient (Wildman–Crippen LogP) is 1.16. The second-order valence-electron chi connectivity index (χ2n) is 3.81. The van der Waals surface area contributed by atoms with E-state index in [1.807, 2.05) is 10.8 Å². The lowest BCUT2D eigenvalue weighted by atomic mass is 10.0. The molecule has 0 bridgehead atoms. The SMILES string of the molecule is N#CCC1(Cn2cnc(N)c2)CC1. The van der Waals surface area contributed by atoms with Gasteiger partial charge in [0.15, 0.2) is 0 Å². The van der Waals surface area contributed by atoms with Crippen LogP contribution in [0.4, 0.5) is 5.82 Å². The first-order valence-corrected chi connectivity index (χ1v) is 4.38. The number of hydrogen-bond donors (Lipinski definition) is 1. The van der Waals surface area contributed by atoms with Crippen molar-refractivity contribution < 1.29 is 0 Å². The van der Waals surface area contributed by atoms with E-state index in [0.29, 0.717) is 12.2 Å². The van der Waals surface area contributed by atoms with Crippen molar-refractivity contribution in [3.05, 3.63) is 12.5 Å². The molecule has 4 nitrogen and oxygen atoms in total. The van der Waals surface area contributed by atoms with Crippen molar-refractivity contribution in [2.24, 2.45) is 5.41 Å². The van der Waals surface area contributed by atoms with Crippen molar-refractivity contribution in [3.63, 3.8) is 0 Å². The van der Waals surface area contributed by atoms with Crippen LogP contribution in [-0.4, -0.2) is 9.55 Å². The maximum Gasteiger partial charge on any atom is 0.141 e. The summed E-state index contributed by atoms with van der Waals surface area (Å²) >= 11 is 0. The second-order valence-corrected chi connectivity index (χ2v) is 3.81. The molecule has 1 aromatic heterocycles. The van der Waals surface area contributed by atoms with Crippen molar-refractivity contribution in [1.82, 2.24) is 9.55 Å². The van der Waals surface area contributed by atoms with E-state index in [9.17, 15) is 0 Å². The minimum Gasteiger partial charge on any atom is -0.382 e. The van der Waals surface area contributed by atoms with Gasteiger partial charge in [-0.3, -0.25) is 0 Å². The van der Waals surface area contributed by atoms with Crippen LogP contribution in [0.5, 0.6) is 0 Å². The first kappa shape index (κ1) is 8.11. The van der Waals surface area contributed by atoms with Crippen LogP contribution in [0.3, 0.4) is 0 Å². The Kier molecular flexibility index (Phi) is 1.73. The highest BCUT2D eigenvalue weighted by Crippen LogP contribution is 2.49. The zero-order valence-corrected chi connectivity index (χ0v) is 7.40. The average molecular weight is 176 g/mol. The number of anilines is 1. The van der Waals surface area contributed by atoms with Gasteiger partial charge in [-0.1, -0.05) is 0 Å². The summed E-state index contributed by atoms with van der Waals surface area (Å²) in [5, 5.41) is 8.63. The van der Waals surface area contributed by atoms with Crippen LogP contribution in [0.25, 0.3) is 0 Å². The summed E-state index contributed by atoms with van der Waals surface area (Å²) < 4.78 is 1.97. The maximum absolute atomic E-state index is 8.63. The van der Waals surface area contributed by atoms with Crippen molar-refractivity contribution in [2.45, 2.75) is 25.8 Å². The van der Waals surface area contributed by atoms with Gasteiger partial charge in [0, 0.05) is 24.6 Å². The monoisotopic (exact) mass is 176 g/mol. The fourth-order valence-corrected chi connectivity index (χ4v) is 1.59. The number of nitrogens with two attached hydrogens (primary N) is 1. The number of rotatable bonds is 3. The summed E-state index contributed by atoms with van der Waals surface area (Å²) in [7, 11) is 0. The molecule has 13 heavy (non-hydrogen) atoms. The van der Waals surface area contributed by atoms with E-state index in [1.165, 1.54) is 0 Å². The lowest BCUT2D eigenvalue weighted by Gasteiger charge is -2.10. The lowest BCUT2D eigenvalue weighted by Crippen LogP contribution is -2.09. The summed E-state index contributed by atoms with van der Waals surface area (Å²) in [6, 6.07) is 2.23. The Hall–Kier alpha value is -1.50. The second kappa shape index (κ2) is 2.77. The standard InChI is InChI=1S/C9H12N4/c10-4-3-9(1-2-9)6-13-5-8(11)12-7-13/h5,7H,1-3,6,11H2. The molecule has 0 radical (unpaired) electrons. The van der Waals surface area contributed by atoms with Crippen molar-refractivity contribution in [1.29, 1.82) is 5.26 Å². The Bertz CT molecular complexity index is 343. The molecular weight excluding hydrogens is 164 g/mol. The quantitative estimate of drug-likeness (QED) is 0.751. The van der Waals surface area contributed by atoms with E-state index >= 15 is 0 Å². The Balaban J connectivity index is 2.02. The molecule has 4 heteroatoms. The summed E-state index contributed by atoms with van der Waals surface area (Å²) in [6.45, 7) is 0.880. The van der Waals surface area contributed by atoms with Gasteiger partial charge in [0.1, 0.15) is 5.82 Å². The summed E-state index contributed by atoms with van der Waals surface area (Å²) in [5.74, 6) is 0.549. The van der Waals surface area contributed by atoms with Crippen LogP contribution in [0, 0.1) is 16.7 Å². The molecular formula is C9H12N4. The molecule has 1 aromatic rings. The minimum absolute atomic E-state index is 0.224. The maximum atomic E-state index is 8.63. The highest BCUT2D eigenvalue weighted by atomic mass is 15.1. The van der Waals surface area contributed by atoms with Crippen molar-refractivity contribution >= 4 is 5.82 Å². The molecule has 1 fully saturated rings. The minimum atomic E-state index is 0.224. The fraction of sp³-hybridized carbons (Fsp3) is 0.556. The topological polar surface area (TPSA) is 67.6 Å². The molecule has 2 rings (SSSR count). The molecule has 1 heterocycles. The normalized spacial score (nSPS) is 18.1. The third-order valence-electron chi connectivity index (χ3n) is 2.58. The molecule has 68 valence electrons. The molecule has 1 aliphatic carbocycles. The van der Waals surface area contributed by atoms with E-state index in [0.717, 1.165) is 19.4 Å². The number of imidazole rings is 1. The van der Waals surface area contributed by atoms with Crippen LogP contribution >= 0.6 is 0 Å². The van der Waals surface area contributed by atoms with Crippen LogP contribution in [0.2, 0.25) is 0 Å². The van der Waals surface area contributed by atoms with Gasteiger partial charge in [0.05, 0.1) is 12.4 Å². The first-order chi connectivity index (χ1) is 6.24. The molecule has 2 N–H and O–H groups in total. The van der Waals surface area contributed by atoms with E-state index in [4.69, 9.17) is 11.0 Å². The Morgan fingerprint density at radius 3 is 2.92 bits per heavy atom. The third kappa shape index (κ3) is 1.64. The van der Waals surface area contributed by atoms with Crippen LogP contribution in [0.15, 0.2) is 12.5 Å². The van der Waals surface area contributed by atoms with Crippen LogP contribution in [0.1, 0.15) is 19.3 Å². The highest BCUT2D eigenvalue weighted by molar-refractivity contribution is 5.22. The Labute approximate surface area is 77.0 Å². The molecule has 0 unspecified atom stereocenters. The van der Waals surface area contributed by atoms with Gasteiger partial charge in [0.25, 0.3) is 0 Å².